The van der Waals surface area contributed by atoms with E-state index in [0.717, 1.165) is 33.7 Å². The molecule has 3 heteroatoms. The fourth-order valence-electron chi connectivity index (χ4n) is 3.49. The van der Waals surface area contributed by atoms with Crippen LogP contribution in [0.15, 0.2) is 68.9 Å². The molecule has 1 aromatic rings. The first-order valence-corrected chi connectivity index (χ1v) is 9.82. The molecule has 3 nitrogen and oxygen atoms in total. The van der Waals surface area contributed by atoms with Crippen molar-refractivity contribution in [2.24, 2.45) is 20.8 Å². The molecule has 0 radical (unpaired) electrons. The predicted molar refractivity (Wildman–Crippen MR) is 118 cm³/mol. The summed E-state index contributed by atoms with van der Waals surface area (Å²) in [6, 6.07) is 8.31. The van der Waals surface area contributed by atoms with Crippen LogP contribution in [0, 0.1) is 17.8 Å². The summed E-state index contributed by atoms with van der Waals surface area (Å²) in [5, 5.41) is 0. The van der Waals surface area contributed by atoms with Crippen molar-refractivity contribution in [1.82, 2.24) is 0 Å². The molecule has 1 aromatic carbocycles. The number of allylic oxidation sites excluding steroid dienone is 5. The molecule has 0 bridgehead atoms. The molecule has 0 spiro atoms. The smallest absolute Gasteiger partial charge is 0.186 e. The van der Waals surface area contributed by atoms with Gasteiger partial charge in [0.2, 0.25) is 0 Å². The lowest BCUT2D eigenvalue weighted by atomic mass is 9.72. The number of benzene rings is 1. The van der Waals surface area contributed by atoms with Gasteiger partial charge in [-0.1, -0.05) is 65.3 Å². The van der Waals surface area contributed by atoms with E-state index in [1.54, 1.807) is 0 Å². The van der Waals surface area contributed by atoms with Crippen LogP contribution in [0.5, 0.6) is 0 Å². The van der Waals surface area contributed by atoms with Crippen LogP contribution in [0.2, 0.25) is 0 Å². The Balaban J connectivity index is 2.19. The van der Waals surface area contributed by atoms with E-state index in [1.807, 2.05) is 25.1 Å². The van der Waals surface area contributed by atoms with Crippen LogP contribution in [0.3, 0.4) is 0 Å². The number of aliphatic imine (C=N–C) groups is 2. The SMILES string of the molecule is CC1=NC(=C2C=C(C(C)(C)C)C(=O)C(C(C)(C)C)=C2)N=C1c1cccc(C)c1. The standard InChI is InChI=1S/C25H30N2O/c1-15-10-9-11-17(12-15)21-16(2)26-23(27-21)18-13-19(24(3,4)5)22(28)20(14-18)25(6,7)8/h9-14H,1-8H3. The molecule has 1 heterocycles. The number of carbonyl (C=O) groups excluding carboxylic acids is 1. The fourth-order valence-corrected chi connectivity index (χ4v) is 3.49. The molecule has 0 aromatic heterocycles. The monoisotopic (exact) mass is 374 g/mol. The highest BCUT2D eigenvalue weighted by Crippen LogP contribution is 2.40. The molecule has 2 aliphatic rings. The topological polar surface area (TPSA) is 41.8 Å². The molecule has 3 rings (SSSR count). The maximum atomic E-state index is 13.1. The van der Waals surface area contributed by atoms with Crippen LogP contribution in [0.1, 0.15) is 59.6 Å². The lowest BCUT2D eigenvalue weighted by Gasteiger charge is -2.31. The lowest BCUT2D eigenvalue weighted by molar-refractivity contribution is -0.114. The Hall–Kier alpha value is -2.55. The van der Waals surface area contributed by atoms with Crippen molar-refractivity contribution in [1.29, 1.82) is 0 Å². The van der Waals surface area contributed by atoms with Crippen LogP contribution in [-0.2, 0) is 4.79 Å². The molecule has 146 valence electrons. The summed E-state index contributed by atoms with van der Waals surface area (Å²) in [6.45, 7) is 16.5. The molecule has 0 saturated heterocycles. The van der Waals surface area contributed by atoms with E-state index < -0.39 is 0 Å². The summed E-state index contributed by atoms with van der Waals surface area (Å²) < 4.78 is 0. The number of ketones is 1. The molecule has 0 saturated carbocycles. The van der Waals surface area contributed by atoms with Crippen molar-refractivity contribution in [3.05, 3.63) is 70.1 Å². The zero-order chi connectivity index (χ0) is 20.9. The molecule has 0 atom stereocenters. The van der Waals surface area contributed by atoms with Crippen LogP contribution in [0.25, 0.3) is 0 Å². The van der Waals surface area contributed by atoms with E-state index in [1.165, 1.54) is 5.56 Å². The molecule has 28 heavy (non-hydrogen) atoms. The van der Waals surface area contributed by atoms with Crippen LogP contribution < -0.4 is 0 Å². The summed E-state index contributed by atoms with van der Waals surface area (Å²) in [6.07, 6.45) is 3.96. The van der Waals surface area contributed by atoms with Gasteiger partial charge in [0, 0.05) is 22.3 Å². The van der Waals surface area contributed by atoms with Gasteiger partial charge in [0.15, 0.2) is 11.6 Å². The third-order valence-electron chi connectivity index (χ3n) is 5.09. The maximum absolute atomic E-state index is 13.1. The van der Waals surface area contributed by atoms with Crippen LogP contribution in [-0.4, -0.2) is 17.2 Å². The molecule has 0 fully saturated rings. The third kappa shape index (κ3) is 3.84. The van der Waals surface area contributed by atoms with Gasteiger partial charge in [-0.3, -0.25) is 4.79 Å². The Labute approximate surface area is 168 Å². The first kappa shape index (κ1) is 20.2. The van der Waals surface area contributed by atoms with Crippen LogP contribution >= 0.6 is 0 Å². The van der Waals surface area contributed by atoms with Gasteiger partial charge in [-0.2, -0.15) is 0 Å². The minimum absolute atomic E-state index is 0.130. The van der Waals surface area contributed by atoms with E-state index in [2.05, 4.69) is 66.7 Å². The van der Waals surface area contributed by atoms with E-state index in [9.17, 15) is 4.79 Å². The van der Waals surface area contributed by atoms with Crippen molar-refractivity contribution in [3.8, 4) is 0 Å². The van der Waals surface area contributed by atoms with Crippen LogP contribution in [0.4, 0.5) is 0 Å². The summed E-state index contributed by atoms with van der Waals surface area (Å²) >= 11 is 0. The van der Waals surface area contributed by atoms with Gasteiger partial charge in [-0.15, -0.1) is 0 Å². The molecule has 0 N–H and O–H groups in total. The number of hydrogen-bond acceptors (Lipinski definition) is 3. The maximum Gasteiger partial charge on any atom is 0.186 e. The first-order chi connectivity index (χ1) is 12.9. The summed E-state index contributed by atoms with van der Waals surface area (Å²) in [4.78, 5) is 22.7. The largest absolute Gasteiger partial charge is 0.289 e. The minimum atomic E-state index is -0.242. The average molecular weight is 375 g/mol. The summed E-state index contributed by atoms with van der Waals surface area (Å²) in [7, 11) is 0. The number of nitrogens with zero attached hydrogens (tertiary/aromatic N) is 2. The van der Waals surface area contributed by atoms with E-state index >= 15 is 0 Å². The Morgan fingerprint density at radius 2 is 1.39 bits per heavy atom. The molecule has 1 aliphatic heterocycles. The van der Waals surface area contributed by atoms with Crippen molar-refractivity contribution in [2.45, 2.75) is 55.4 Å². The van der Waals surface area contributed by atoms with Gasteiger partial charge < -0.3 is 0 Å². The lowest BCUT2D eigenvalue weighted by Crippen LogP contribution is -2.28. The van der Waals surface area contributed by atoms with Gasteiger partial charge >= 0.3 is 0 Å². The highest BCUT2D eigenvalue weighted by molar-refractivity contribution is 6.49. The molecule has 0 amide bonds. The van der Waals surface area contributed by atoms with E-state index in [4.69, 9.17) is 9.98 Å². The Bertz CT molecular complexity index is 964. The second-order valence-electron chi connectivity index (χ2n) is 9.75. The van der Waals surface area contributed by atoms with Gasteiger partial charge in [-0.25, -0.2) is 9.98 Å². The third-order valence-corrected chi connectivity index (χ3v) is 5.09. The van der Waals surface area contributed by atoms with Crippen molar-refractivity contribution in [3.63, 3.8) is 0 Å². The highest BCUT2D eigenvalue weighted by Gasteiger charge is 2.35. The number of rotatable bonds is 1. The van der Waals surface area contributed by atoms with E-state index in [0.29, 0.717) is 5.82 Å². The van der Waals surface area contributed by atoms with Crippen molar-refractivity contribution in [2.75, 3.05) is 0 Å². The highest BCUT2D eigenvalue weighted by atomic mass is 16.1. The molecule has 0 unspecified atom stereocenters. The number of Topliss-reactive ketones (excluding diaryl/α,β-unsaturated/α-hetero) is 1. The normalized spacial score (nSPS) is 18.1. The second kappa shape index (κ2) is 6.80. The van der Waals surface area contributed by atoms with E-state index in [-0.39, 0.29) is 16.6 Å². The Morgan fingerprint density at radius 3 is 1.89 bits per heavy atom. The Kier molecular flexibility index (Phi) is 4.91. The minimum Gasteiger partial charge on any atom is -0.289 e. The Morgan fingerprint density at radius 1 is 0.821 bits per heavy atom. The second-order valence-corrected chi connectivity index (χ2v) is 9.75. The summed E-state index contributed by atoms with van der Waals surface area (Å²) in [5.74, 6) is 0.816. The fraction of sp³-hybridized carbons (Fsp3) is 0.400. The number of aryl methyl sites for hydroxylation is 1. The van der Waals surface area contributed by atoms with Gasteiger partial charge in [0.05, 0.1) is 11.4 Å². The van der Waals surface area contributed by atoms with Gasteiger partial charge in [-0.05, 0) is 42.9 Å². The molecular formula is C25H30N2O. The summed E-state index contributed by atoms with van der Waals surface area (Å²) in [5.41, 5.74) is 6.13. The van der Waals surface area contributed by atoms with Gasteiger partial charge in [0.25, 0.3) is 0 Å². The predicted octanol–water partition coefficient (Wildman–Crippen LogP) is 6.00. The van der Waals surface area contributed by atoms with Crippen molar-refractivity contribution < 1.29 is 4.79 Å². The first-order valence-electron chi connectivity index (χ1n) is 9.82. The zero-order valence-corrected chi connectivity index (χ0v) is 18.3. The van der Waals surface area contributed by atoms with Crippen molar-refractivity contribution >= 4 is 17.2 Å². The molecular weight excluding hydrogens is 344 g/mol. The number of hydrogen-bond donors (Lipinski definition) is 0. The number of carbonyl (C=O) groups is 1. The quantitative estimate of drug-likeness (QED) is 0.594. The van der Waals surface area contributed by atoms with Gasteiger partial charge in [0.1, 0.15) is 0 Å². The molecule has 1 aliphatic carbocycles. The average Bonchev–Trinajstić information content (AvgIpc) is 2.94. The zero-order valence-electron chi connectivity index (χ0n) is 18.3.